The minimum absolute atomic E-state index is 0.0413. The highest BCUT2D eigenvalue weighted by molar-refractivity contribution is 6.20. The van der Waals surface area contributed by atoms with Gasteiger partial charge in [-0.2, -0.15) is 0 Å². The Morgan fingerprint density at radius 2 is 1.87 bits per heavy atom. The van der Waals surface area contributed by atoms with Gasteiger partial charge in [-0.15, -0.1) is 0 Å². The van der Waals surface area contributed by atoms with Gasteiger partial charge in [0.1, 0.15) is 11.9 Å². The average Bonchev–Trinajstić information content (AvgIpc) is 3.24. The molecule has 39 heavy (non-hydrogen) atoms. The number of nitrogens with zero attached hydrogens (tertiary/aromatic N) is 2. The fraction of sp³-hybridized carbons (Fsp3) is 0.290. The van der Waals surface area contributed by atoms with Gasteiger partial charge in [-0.25, -0.2) is 4.39 Å². The van der Waals surface area contributed by atoms with Crippen molar-refractivity contribution in [3.63, 3.8) is 0 Å². The molecule has 4 N–H and O–H groups in total. The summed E-state index contributed by atoms with van der Waals surface area (Å²) in [6.45, 7) is 0. The van der Waals surface area contributed by atoms with Crippen LogP contribution >= 0.6 is 0 Å². The van der Waals surface area contributed by atoms with E-state index >= 15 is 0 Å². The van der Waals surface area contributed by atoms with E-state index in [4.69, 9.17) is 20.8 Å². The molecule has 2 aromatic carbocycles. The summed E-state index contributed by atoms with van der Waals surface area (Å²) in [5.41, 5.74) is 12.0. The Morgan fingerprint density at radius 3 is 2.67 bits per heavy atom. The second-order valence-electron chi connectivity index (χ2n) is 10.1. The molecule has 0 saturated carbocycles. The number of halogens is 1. The number of fused-ring (bicyclic) bond motifs is 3. The lowest BCUT2D eigenvalue weighted by atomic mass is 9.87. The highest BCUT2D eigenvalue weighted by Gasteiger charge is 2.24. The van der Waals surface area contributed by atoms with Gasteiger partial charge < -0.3 is 16.2 Å². The summed E-state index contributed by atoms with van der Waals surface area (Å²) in [7, 11) is 0. The van der Waals surface area contributed by atoms with Crippen LogP contribution in [-0.4, -0.2) is 34.4 Å². The minimum Gasteiger partial charge on any atom is -0.480 e. The number of aryl methyl sites for hydroxylation is 1. The van der Waals surface area contributed by atoms with E-state index in [9.17, 15) is 14.0 Å². The van der Waals surface area contributed by atoms with Gasteiger partial charge in [0.15, 0.2) is 0 Å². The predicted octanol–water partition coefficient (Wildman–Crippen LogP) is 5.05. The van der Waals surface area contributed by atoms with Crippen LogP contribution in [0.2, 0.25) is 0 Å². The van der Waals surface area contributed by atoms with Crippen LogP contribution in [0, 0.1) is 5.82 Å². The Bertz CT molecular complexity index is 1440. The van der Waals surface area contributed by atoms with Gasteiger partial charge in [0.2, 0.25) is 0 Å². The molecule has 0 fully saturated rings. The van der Waals surface area contributed by atoms with E-state index in [1.165, 1.54) is 23.3 Å². The molecule has 0 spiro atoms. The number of benzene rings is 2. The zero-order chi connectivity index (χ0) is 27.4. The number of hydrogen-bond donors (Lipinski definition) is 3. The summed E-state index contributed by atoms with van der Waals surface area (Å²) < 4.78 is 13.6. The number of hydrogen-bond acceptors (Lipinski definition) is 5. The molecule has 0 unspecified atom stereocenters. The molecule has 2 aromatic rings. The fourth-order valence-electron chi connectivity index (χ4n) is 5.20. The quantitative estimate of drug-likeness (QED) is 0.446. The first-order valence-electron chi connectivity index (χ1n) is 13.3. The first kappa shape index (κ1) is 26.4. The van der Waals surface area contributed by atoms with Gasteiger partial charge in [-0.3, -0.25) is 19.6 Å². The van der Waals surface area contributed by atoms with Gasteiger partial charge in [0, 0.05) is 29.0 Å². The SMILES string of the molecule is N[C@H](CCCC1=C(c2ccc(F)cc2)N=C2C=CC(C(=O)N[C@@H]3CCCc4ccccc43)=CC(=N1)C2)C(=O)O. The van der Waals surface area contributed by atoms with Crippen LogP contribution < -0.4 is 11.1 Å². The largest absolute Gasteiger partial charge is 0.480 e. The van der Waals surface area contributed by atoms with Crippen molar-refractivity contribution in [3.8, 4) is 0 Å². The Balaban J connectivity index is 1.44. The molecule has 7 nitrogen and oxygen atoms in total. The summed E-state index contributed by atoms with van der Waals surface area (Å²) in [6, 6.07) is 13.3. The van der Waals surface area contributed by atoms with Crippen LogP contribution in [0.4, 0.5) is 4.39 Å². The standard InChI is InChI=1S/C31H31FN4O3/c32-22-14-11-20(12-15-22)29-28(10-4-8-26(33)31(38)39)34-24-17-21(13-16-23(18-24)35-29)30(37)36-27-9-3-6-19-5-1-2-7-25(19)27/h1-2,5,7,11-17,26-27H,3-4,6,8-10,18,33H2,(H,36,37)(H,38,39)/t26-,27-/m1/s1. The molecule has 0 saturated heterocycles. The zero-order valence-electron chi connectivity index (χ0n) is 21.6. The summed E-state index contributed by atoms with van der Waals surface area (Å²) in [5, 5.41) is 12.4. The molecule has 3 aliphatic rings. The van der Waals surface area contributed by atoms with Gasteiger partial charge in [0.05, 0.1) is 17.4 Å². The van der Waals surface area contributed by atoms with E-state index in [1.807, 2.05) is 18.2 Å². The van der Waals surface area contributed by atoms with E-state index in [1.54, 1.807) is 24.3 Å². The topological polar surface area (TPSA) is 117 Å². The number of rotatable bonds is 8. The fourth-order valence-corrected chi connectivity index (χ4v) is 5.20. The zero-order valence-corrected chi connectivity index (χ0v) is 21.6. The van der Waals surface area contributed by atoms with Crippen molar-refractivity contribution in [1.29, 1.82) is 0 Å². The van der Waals surface area contributed by atoms with Crippen LogP contribution in [-0.2, 0) is 16.0 Å². The molecule has 8 heteroatoms. The molecular formula is C31H31FN4O3. The van der Waals surface area contributed by atoms with Gasteiger partial charge in [-0.1, -0.05) is 24.3 Å². The normalized spacial score (nSPS) is 19.1. The third-order valence-corrected chi connectivity index (χ3v) is 7.25. The van der Waals surface area contributed by atoms with Gasteiger partial charge in [0.25, 0.3) is 5.91 Å². The number of nitrogens with two attached hydrogens (primary N) is 1. The first-order chi connectivity index (χ1) is 18.9. The number of nitrogens with one attached hydrogen (secondary N) is 1. The number of aliphatic imine (C=N–C) groups is 2. The smallest absolute Gasteiger partial charge is 0.320 e. The lowest BCUT2D eigenvalue weighted by molar-refractivity contribution is -0.138. The number of carboxylic acids is 1. The molecule has 1 heterocycles. The van der Waals surface area contributed by atoms with Crippen LogP contribution in [0.3, 0.4) is 0 Å². The Morgan fingerprint density at radius 1 is 1.08 bits per heavy atom. The third-order valence-electron chi connectivity index (χ3n) is 7.25. The number of carbonyl (C=O) groups excluding carboxylic acids is 1. The van der Waals surface area contributed by atoms with Crippen molar-refractivity contribution < 1.29 is 19.1 Å². The lowest BCUT2D eigenvalue weighted by Crippen LogP contribution is -2.31. The highest BCUT2D eigenvalue weighted by Crippen LogP contribution is 2.31. The Kier molecular flexibility index (Phi) is 7.93. The molecule has 1 aliphatic heterocycles. The number of carbonyl (C=O) groups is 2. The Hall–Kier alpha value is -4.17. The van der Waals surface area contributed by atoms with Crippen molar-refractivity contribution in [2.24, 2.45) is 15.7 Å². The van der Waals surface area contributed by atoms with Crippen molar-refractivity contribution in [2.75, 3.05) is 0 Å². The number of aliphatic carboxylic acids is 1. The maximum Gasteiger partial charge on any atom is 0.320 e. The molecule has 0 radical (unpaired) electrons. The van der Waals surface area contributed by atoms with E-state index in [0.29, 0.717) is 47.5 Å². The van der Waals surface area contributed by atoms with Crippen LogP contribution in [0.25, 0.3) is 5.70 Å². The van der Waals surface area contributed by atoms with Crippen molar-refractivity contribution >= 4 is 29.0 Å². The molecule has 1 amide bonds. The van der Waals surface area contributed by atoms with Crippen molar-refractivity contribution in [2.45, 2.75) is 57.0 Å². The summed E-state index contributed by atoms with van der Waals surface area (Å²) >= 11 is 0. The summed E-state index contributed by atoms with van der Waals surface area (Å²) in [5.74, 6) is -1.57. The minimum atomic E-state index is -1.05. The second-order valence-corrected chi connectivity index (χ2v) is 10.1. The number of carboxylic acid groups (broad SMARTS) is 1. The number of allylic oxidation sites excluding steroid dienone is 3. The first-order valence-corrected chi connectivity index (χ1v) is 13.3. The summed E-state index contributed by atoms with van der Waals surface area (Å²) in [4.78, 5) is 34.3. The van der Waals surface area contributed by atoms with Gasteiger partial charge in [-0.05, 0) is 92.1 Å². The molecule has 2 bridgehead atoms. The van der Waals surface area contributed by atoms with Crippen LogP contribution in [0.5, 0.6) is 0 Å². The molecular weight excluding hydrogens is 495 g/mol. The molecule has 200 valence electrons. The van der Waals surface area contributed by atoms with Gasteiger partial charge >= 0.3 is 5.97 Å². The Labute approximate surface area is 226 Å². The average molecular weight is 527 g/mol. The van der Waals surface area contributed by atoms with Crippen molar-refractivity contribution in [1.82, 2.24) is 5.32 Å². The van der Waals surface area contributed by atoms with E-state index in [2.05, 4.69) is 17.4 Å². The predicted molar refractivity (Wildman–Crippen MR) is 150 cm³/mol. The van der Waals surface area contributed by atoms with E-state index in [-0.39, 0.29) is 24.2 Å². The van der Waals surface area contributed by atoms with E-state index < -0.39 is 12.0 Å². The maximum absolute atomic E-state index is 13.6. The molecule has 5 rings (SSSR count). The van der Waals surface area contributed by atoms with Crippen LogP contribution in [0.15, 0.2) is 88.0 Å². The lowest BCUT2D eigenvalue weighted by Gasteiger charge is -2.26. The second kappa shape index (κ2) is 11.7. The highest BCUT2D eigenvalue weighted by atomic mass is 19.1. The summed E-state index contributed by atoms with van der Waals surface area (Å²) in [6.07, 6.45) is 9.96. The maximum atomic E-state index is 13.6. The molecule has 2 atom stereocenters. The third kappa shape index (κ3) is 6.29. The van der Waals surface area contributed by atoms with Crippen LogP contribution in [0.1, 0.15) is 61.3 Å². The molecule has 0 aromatic heterocycles. The molecule has 2 aliphatic carbocycles. The van der Waals surface area contributed by atoms with E-state index in [0.717, 1.165) is 25.0 Å². The number of amides is 1. The monoisotopic (exact) mass is 526 g/mol. The van der Waals surface area contributed by atoms with Crippen molar-refractivity contribution in [3.05, 3.63) is 101 Å².